The van der Waals surface area contributed by atoms with Crippen molar-refractivity contribution in [2.24, 2.45) is 11.8 Å². The lowest BCUT2D eigenvalue weighted by Crippen LogP contribution is -2.58. The van der Waals surface area contributed by atoms with E-state index in [0.717, 1.165) is 37.8 Å². The maximum absolute atomic E-state index is 13.8. The van der Waals surface area contributed by atoms with Gasteiger partial charge in [-0.1, -0.05) is 38.1 Å². The van der Waals surface area contributed by atoms with Gasteiger partial charge in [0, 0.05) is 12.6 Å². The summed E-state index contributed by atoms with van der Waals surface area (Å²) in [5, 5.41) is 0. The molecule has 1 amide bonds. The van der Waals surface area contributed by atoms with Crippen molar-refractivity contribution in [2.75, 3.05) is 19.6 Å². The molecule has 1 saturated heterocycles. The molecule has 0 N–H and O–H groups in total. The fraction of sp³-hybridized carbons (Fsp3) is 0.704. The fourth-order valence-electron chi connectivity index (χ4n) is 6.29. The SMILES string of the molecule is CC(C)OC(=O)CN1Cc2ccccc2C2(CCN([C@H]3CC[C@@H](C(C)C)CC3)CC2)C1=O. The summed E-state index contributed by atoms with van der Waals surface area (Å²) in [6, 6.07) is 9.00. The van der Waals surface area contributed by atoms with E-state index in [1.54, 1.807) is 4.90 Å². The fourth-order valence-corrected chi connectivity index (χ4v) is 6.29. The minimum Gasteiger partial charge on any atom is -0.462 e. The van der Waals surface area contributed by atoms with E-state index in [1.165, 1.54) is 36.8 Å². The van der Waals surface area contributed by atoms with Crippen LogP contribution in [-0.2, 0) is 26.3 Å². The third kappa shape index (κ3) is 4.59. The molecule has 0 atom stereocenters. The summed E-state index contributed by atoms with van der Waals surface area (Å²) in [7, 11) is 0. The highest BCUT2D eigenvalue weighted by Gasteiger charge is 2.49. The number of rotatable bonds is 5. The second-order valence-corrected chi connectivity index (χ2v) is 10.8. The Labute approximate surface area is 193 Å². The minimum atomic E-state index is -0.501. The molecule has 0 bridgehead atoms. The number of carbonyl (C=O) groups excluding carboxylic acids is 2. The van der Waals surface area contributed by atoms with Crippen LogP contribution in [0.1, 0.15) is 77.3 Å². The van der Waals surface area contributed by atoms with Crippen molar-refractivity contribution >= 4 is 11.9 Å². The number of piperidine rings is 1. The highest BCUT2D eigenvalue weighted by atomic mass is 16.5. The molecule has 1 aromatic rings. The number of esters is 1. The molecule has 4 rings (SSSR count). The largest absolute Gasteiger partial charge is 0.462 e. The van der Waals surface area contributed by atoms with Crippen LogP contribution in [0.5, 0.6) is 0 Å². The maximum atomic E-state index is 13.8. The molecule has 1 spiro atoms. The monoisotopic (exact) mass is 440 g/mol. The van der Waals surface area contributed by atoms with Crippen LogP contribution < -0.4 is 0 Å². The van der Waals surface area contributed by atoms with Crippen LogP contribution in [0.4, 0.5) is 0 Å². The van der Waals surface area contributed by atoms with Gasteiger partial charge in [-0.3, -0.25) is 9.59 Å². The molecule has 0 unspecified atom stereocenters. The second kappa shape index (κ2) is 9.54. The Morgan fingerprint density at radius 1 is 1.06 bits per heavy atom. The third-order valence-corrected chi connectivity index (χ3v) is 8.13. The zero-order chi connectivity index (χ0) is 22.9. The number of amides is 1. The van der Waals surface area contributed by atoms with Crippen LogP contribution in [0.3, 0.4) is 0 Å². The molecule has 0 radical (unpaired) electrons. The van der Waals surface area contributed by atoms with E-state index in [1.807, 2.05) is 19.9 Å². The van der Waals surface area contributed by atoms with Crippen LogP contribution in [0.25, 0.3) is 0 Å². The van der Waals surface area contributed by atoms with Crippen molar-refractivity contribution in [3.8, 4) is 0 Å². The van der Waals surface area contributed by atoms with Crippen molar-refractivity contribution in [1.29, 1.82) is 0 Å². The summed E-state index contributed by atoms with van der Waals surface area (Å²) in [5.74, 6) is 1.45. The first kappa shape index (κ1) is 23.3. The molecule has 2 heterocycles. The Morgan fingerprint density at radius 3 is 2.34 bits per heavy atom. The molecule has 5 heteroatoms. The second-order valence-electron chi connectivity index (χ2n) is 10.8. The zero-order valence-electron chi connectivity index (χ0n) is 20.3. The number of likely N-dealkylation sites (tertiary alicyclic amines) is 1. The van der Waals surface area contributed by atoms with Crippen LogP contribution >= 0.6 is 0 Å². The van der Waals surface area contributed by atoms with E-state index in [0.29, 0.717) is 12.6 Å². The Morgan fingerprint density at radius 2 is 1.72 bits per heavy atom. The quantitative estimate of drug-likeness (QED) is 0.631. The lowest BCUT2D eigenvalue weighted by atomic mass is 9.67. The molecule has 176 valence electrons. The topological polar surface area (TPSA) is 49.9 Å². The van der Waals surface area contributed by atoms with Crippen molar-refractivity contribution in [3.63, 3.8) is 0 Å². The van der Waals surface area contributed by atoms with Gasteiger partial charge in [0.1, 0.15) is 6.54 Å². The first-order chi connectivity index (χ1) is 15.3. The molecular formula is C27H40N2O3. The Kier molecular flexibility index (Phi) is 6.94. The van der Waals surface area contributed by atoms with Crippen molar-refractivity contribution in [2.45, 2.75) is 90.3 Å². The molecular weight excluding hydrogens is 400 g/mol. The van der Waals surface area contributed by atoms with E-state index in [9.17, 15) is 9.59 Å². The Bertz CT molecular complexity index is 818. The van der Waals surface area contributed by atoms with Crippen LogP contribution in [-0.4, -0.2) is 53.5 Å². The third-order valence-electron chi connectivity index (χ3n) is 8.13. The molecule has 0 aromatic heterocycles. The van der Waals surface area contributed by atoms with Gasteiger partial charge in [0.25, 0.3) is 0 Å². The minimum absolute atomic E-state index is 0.0377. The maximum Gasteiger partial charge on any atom is 0.325 e. The van der Waals surface area contributed by atoms with Crippen molar-refractivity contribution < 1.29 is 14.3 Å². The van der Waals surface area contributed by atoms with Gasteiger partial charge < -0.3 is 14.5 Å². The summed E-state index contributed by atoms with van der Waals surface area (Å²) in [5.41, 5.74) is 1.86. The molecule has 3 aliphatic rings. The van der Waals surface area contributed by atoms with Gasteiger partial charge in [0.2, 0.25) is 5.91 Å². The van der Waals surface area contributed by atoms with Gasteiger partial charge in [0.15, 0.2) is 0 Å². The predicted molar refractivity (Wildman–Crippen MR) is 126 cm³/mol. The Balaban J connectivity index is 1.48. The van der Waals surface area contributed by atoms with Gasteiger partial charge in [-0.2, -0.15) is 0 Å². The number of fused-ring (bicyclic) bond motifs is 2. The van der Waals surface area contributed by atoms with Gasteiger partial charge in [-0.15, -0.1) is 0 Å². The summed E-state index contributed by atoms with van der Waals surface area (Å²) in [6.45, 7) is 10.8. The molecule has 1 saturated carbocycles. The summed E-state index contributed by atoms with van der Waals surface area (Å²) < 4.78 is 5.35. The summed E-state index contributed by atoms with van der Waals surface area (Å²) in [6.07, 6.45) is 6.74. The number of hydrogen-bond acceptors (Lipinski definition) is 4. The Hall–Kier alpha value is -1.88. The average molecular weight is 441 g/mol. The zero-order valence-corrected chi connectivity index (χ0v) is 20.3. The first-order valence-electron chi connectivity index (χ1n) is 12.6. The predicted octanol–water partition coefficient (Wildman–Crippen LogP) is 4.53. The molecule has 2 fully saturated rings. The molecule has 5 nitrogen and oxygen atoms in total. The van der Waals surface area contributed by atoms with Gasteiger partial charge in [-0.05, 0) is 88.4 Å². The molecule has 2 aliphatic heterocycles. The highest BCUT2D eigenvalue weighted by Crippen LogP contribution is 2.44. The number of hydrogen-bond donors (Lipinski definition) is 0. The number of ether oxygens (including phenoxy) is 1. The number of carbonyl (C=O) groups is 2. The first-order valence-corrected chi connectivity index (χ1v) is 12.6. The van der Waals surface area contributed by atoms with E-state index >= 15 is 0 Å². The highest BCUT2D eigenvalue weighted by molar-refractivity contribution is 5.92. The van der Waals surface area contributed by atoms with E-state index in [-0.39, 0.29) is 24.5 Å². The molecule has 32 heavy (non-hydrogen) atoms. The van der Waals surface area contributed by atoms with Crippen molar-refractivity contribution in [3.05, 3.63) is 35.4 Å². The van der Waals surface area contributed by atoms with E-state index in [4.69, 9.17) is 4.74 Å². The lowest BCUT2D eigenvalue weighted by Gasteiger charge is -2.49. The molecule has 1 aromatic carbocycles. The number of benzene rings is 1. The summed E-state index contributed by atoms with van der Waals surface area (Å²) in [4.78, 5) is 30.5. The van der Waals surface area contributed by atoms with Gasteiger partial charge in [-0.25, -0.2) is 0 Å². The van der Waals surface area contributed by atoms with Crippen molar-refractivity contribution in [1.82, 2.24) is 9.80 Å². The smallest absolute Gasteiger partial charge is 0.325 e. The normalized spacial score (nSPS) is 25.9. The number of nitrogens with zero attached hydrogens (tertiary/aromatic N) is 2. The van der Waals surface area contributed by atoms with Gasteiger partial charge >= 0.3 is 5.97 Å². The standard InChI is InChI=1S/C27H40N2O3/c1-19(2)21-9-11-23(12-10-21)28-15-13-27(14-16-28)24-8-6-5-7-22(24)17-29(26(27)31)18-25(30)32-20(3)4/h5-8,19-21,23H,9-18H2,1-4H3/t21-,23+. The average Bonchev–Trinajstić information content (AvgIpc) is 2.77. The van der Waals surface area contributed by atoms with E-state index in [2.05, 4.69) is 36.9 Å². The van der Waals surface area contributed by atoms with Crippen LogP contribution in [0, 0.1) is 11.8 Å². The van der Waals surface area contributed by atoms with E-state index < -0.39 is 5.41 Å². The summed E-state index contributed by atoms with van der Waals surface area (Å²) >= 11 is 0. The molecule has 1 aliphatic carbocycles. The van der Waals surface area contributed by atoms with Crippen LogP contribution in [0.15, 0.2) is 24.3 Å². The van der Waals surface area contributed by atoms with Crippen LogP contribution in [0.2, 0.25) is 0 Å². The lowest BCUT2D eigenvalue weighted by molar-refractivity contribution is -0.156. The van der Waals surface area contributed by atoms with Gasteiger partial charge in [0.05, 0.1) is 11.5 Å².